The second-order valence-electron chi connectivity index (χ2n) is 9.12. The van der Waals surface area contributed by atoms with E-state index < -0.39 is 48.9 Å². The van der Waals surface area contributed by atoms with Crippen molar-refractivity contribution in [3.05, 3.63) is 62.1 Å². The molecule has 0 aliphatic carbocycles. The maximum atomic E-state index is 14.2. The van der Waals surface area contributed by atoms with Gasteiger partial charge in [-0.25, -0.2) is 27.9 Å². The Morgan fingerprint density at radius 3 is 2.71 bits per heavy atom. The Kier molecular flexibility index (Phi) is 8.00. The van der Waals surface area contributed by atoms with E-state index in [2.05, 4.69) is 20.0 Å². The molecule has 0 saturated carbocycles. The van der Waals surface area contributed by atoms with Gasteiger partial charge in [-0.3, -0.25) is 9.69 Å². The lowest BCUT2D eigenvalue weighted by Crippen LogP contribution is -2.43. The van der Waals surface area contributed by atoms with Gasteiger partial charge in [-0.1, -0.05) is 31.5 Å². The van der Waals surface area contributed by atoms with Gasteiger partial charge in [-0.05, 0) is 18.1 Å². The molecule has 9 nitrogen and oxygen atoms in total. The summed E-state index contributed by atoms with van der Waals surface area (Å²) in [6.45, 7) is 2.73. The maximum Gasteiger partial charge on any atom is 0.513 e. The largest absolute Gasteiger partial charge is 0.513 e. The third-order valence-corrected chi connectivity index (χ3v) is 7.21. The Bertz CT molecular complexity index is 1320. The molecule has 0 spiro atoms. The van der Waals surface area contributed by atoms with Crippen molar-refractivity contribution in [2.24, 2.45) is 4.99 Å². The molecule has 2 aromatic rings. The molecule has 204 valence electrons. The number of aliphatic imine (C=N–C) groups is 1. The Labute approximate surface area is 224 Å². The van der Waals surface area contributed by atoms with Crippen molar-refractivity contribution in [1.82, 2.24) is 15.2 Å². The number of aliphatic carboxylic acids is 1. The van der Waals surface area contributed by atoms with Gasteiger partial charge in [0.25, 0.3) is 5.92 Å². The number of hydrogen-bond acceptors (Lipinski definition) is 9. The summed E-state index contributed by atoms with van der Waals surface area (Å²) in [5.74, 6) is -5.08. The van der Waals surface area contributed by atoms with Crippen molar-refractivity contribution in [1.29, 1.82) is 0 Å². The lowest BCUT2D eigenvalue weighted by molar-refractivity contribution is -0.142. The SMILES string of the molecule is COC(=O)OC1=C(CN2CC(F)(F)C[C@H]2C(=O)O)NC(c2nc(C(C)C)cs2)=N[C@@H]1c1ccc(F)cc1Cl. The standard InChI is InChI=1S/C24H24ClF3N4O5S/c1-11(2)16-9-38-21(30-16)20-29-15(8-32-10-24(27,28)7-17(32)22(33)34)19(37-23(35)36-3)18(31-20)13-5-4-12(26)6-14(13)25/h4-6,9,11,17-18H,7-8,10H2,1-3H3,(H,29,31)(H,33,34)/t17-,18+/m0/s1. The van der Waals surface area contributed by atoms with E-state index in [9.17, 15) is 27.9 Å². The molecule has 0 amide bonds. The minimum Gasteiger partial charge on any atom is -0.480 e. The van der Waals surface area contributed by atoms with Crippen LogP contribution in [0.15, 0.2) is 40.0 Å². The number of likely N-dealkylation sites (tertiary alicyclic amines) is 1. The number of carboxylic acids is 1. The number of benzene rings is 1. The first-order chi connectivity index (χ1) is 17.9. The van der Waals surface area contributed by atoms with Crippen LogP contribution in [0.1, 0.15) is 48.5 Å². The lowest BCUT2D eigenvalue weighted by Gasteiger charge is -2.30. The second kappa shape index (κ2) is 10.9. The molecular formula is C24H24ClF3N4O5S. The van der Waals surface area contributed by atoms with Gasteiger partial charge in [-0.2, -0.15) is 0 Å². The number of ether oxygens (including phenoxy) is 2. The van der Waals surface area contributed by atoms with Gasteiger partial charge in [0.05, 0.1) is 25.0 Å². The molecule has 2 aliphatic heterocycles. The van der Waals surface area contributed by atoms with Crippen molar-refractivity contribution < 1.29 is 37.3 Å². The van der Waals surface area contributed by atoms with Crippen molar-refractivity contribution in [3.63, 3.8) is 0 Å². The van der Waals surface area contributed by atoms with Crippen LogP contribution in [0, 0.1) is 5.82 Å². The number of amidine groups is 1. The fourth-order valence-electron chi connectivity index (χ4n) is 4.16. The summed E-state index contributed by atoms with van der Waals surface area (Å²) in [7, 11) is 1.08. The van der Waals surface area contributed by atoms with Gasteiger partial charge in [0.15, 0.2) is 16.6 Å². The van der Waals surface area contributed by atoms with Gasteiger partial charge >= 0.3 is 12.1 Å². The zero-order valence-corrected chi connectivity index (χ0v) is 22.1. The summed E-state index contributed by atoms with van der Waals surface area (Å²) in [5, 5.41) is 14.8. The maximum absolute atomic E-state index is 14.2. The van der Waals surface area contributed by atoms with E-state index in [-0.39, 0.29) is 40.3 Å². The smallest absolute Gasteiger partial charge is 0.480 e. The predicted octanol–water partition coefficient (Wildman–Crippen LogP) is 4.94. The van der Waals surface area contributed by atoms with Gasteiger partial charge in [0.1, 0.15) is 17.9 Å². The first kappa shape index (κ1) is 27.9. The third kappa shape index (κ3) is 5.94. The number of carboxylic acid groups (broad SMARTS) is 1. The highest BCUT2D eigenvalue weighted by Gasteiger charge is 2.49. The lowest BCUT2D eigenvalue weighted by atomic mass is 10.0. The van der Waals surface area contributed by atoms with Crippen LogP contribution in [0.3, 0.4) is 0 Å². The summed E-state index contributed by atoms with van der Waals surface area (Å²) in [6, 6.07) is 0.951. The van der Waals surface area contributed by atoms with Crippen LogP contribution >= 0.6 is 22.9 Å². The Balaban J connectivity index is 1.84. The highest BCUT2D eigenvalue weighted by molar-refractivity contribution is 7.11. The monoisotopic (exact) mass is 572 g/mol. The second-order valence-corrected chi connectivity index (χ2v) is 10.4. The molecule has 0 unspecified atom stereocenters. The van der Waals surface area contributed by atoms with E-state index in [0.29, 0.717) is 5.01 Å². The number of methoxy groups -OCH3 is 1. The van der Waals surface area contributed by atoms with Gasteiger partial charge in [0, 0.05) is 28.9 Å². The number of halogens is 4. The molecule has 1 aromatic carbocycles. The molecule has 3 heterocycles. The average molecular weight is 573 g/mol. The van der Waals surface area contributed by atoms with Gasteiger partial charge in [0.2, 0.25) is 0 Å². The van der Waals surface area contributed by atoms with E-state index in [1.165, 1.54) is 17.4 Å². The topological polar surface area (TPSA) is 113 Å². The summed E-state index contributed by atoms with van der Waals surface area (Å²) in [4.78, 5) is 34.2. The molecule has 14 heteroatoms. The molecule has 4 rings (SSSR count). The Hall–Kier alpha value is -3.16. The number of thiazole rings is 1. The normalized spacial score (nSPS) is 21.3. The molecular weight excluding hydrogens is 549 g/mol. The summed E-state index contributed by atoms with van der Waals surface area (Å²) >= 11 is 7.61. The van der Waals surface area contributed by atoms with Crippen LogP contribution in [0.25, 0.3) is 0 Å². The number of hydrogen-bond donors (Lipinski definition) is 2. The van der Waals surface area contributed by atoms with Crippen molar-refractivity contribution in [3.8, 4) is 0 Å². The average Bonchev–Trinajstić information content (AvgIpc) is 3.45. The predicted molar refractivity (Wildman–Crippen MR) is 133 cm³/mol. The van der Waals surface area contributed by atoms with E-state index in [1.807, 2.05) is 19.2 Å². The fraction of sp³-hybridized carbons (Fsp3) is 0.417. The molecule has 2 aliphatic rings. The number of rotatable bonds is 7. The van der Waals surface area contributed by atoms with Crippen molar-refractivity contribution >= 4 is 40.9 Å². The molecule has 1 saturated heterocycles. The third-order valence-electron chi connectivity index (χ3n) is 6.02. The number of alkyl halides is 2. The number of nitrogens with one attached hydrogen (secondary N) is 1. The van der Waals surface area contributed by atoms with Crippen LogP contribution in [0.5, 0.6) is 0 Å². The molecule has 1 aromatic heterocycles. The van der Waals surface area contributed by atoms with Crippen LogP contribution in [-0.2, 0) is 14.3 Å². The Morgan fingerprint density at radius 1 is 1.37 bits per heavy atom. The van der Waals surface area contributed by atoms with E-state index in [1.54, 1.807) is 0 Å². The van der Waals surface area contributed by atoms with E-state index in [4.69, 9.17) is 16.3 Å². The van der Waals surface area contributed by atoms with E-state index in [0.717, 1.165) is 29.8 Å². The molecule has 2 N–H and O–H groups in total. The Morgan fingerprint density at radius 2 is 2.11 bits per heavy atom. The zero-order valence-electron chi connectivity index (χ0n) is 20.5. The highest BCUT2D eigenvalue weighted by Crippen LogP contribution is 2.39. The first-order valence-corrected chi connectivity index (χ1v) is 12.7. The fourth-order valence-corrected chi connectivity index (χ4v) is 5.36. The van der Waals surface area contributed by atoms with Gasteiger partial charge in [-0.15, -0.1) is 11.3 Å². The number of carbonyl (C=O) groups is 2. The number of carbonyl (C=O) groups excluding carboxylic acids is 1. The first-order valence-electron chi connectivity index (χ1n) is 11.5. The van der Waals surface area contributed by atoms with Crippen LogP contribution in [0.2, 0.25) is 5.02 Å². The number of aromatic nitrogens is 1. The minimum atomic E-state index is -3.24. The zero-order chi connectivity index (χ0) is 27.8. The van der Waals surface area contributed by atoms with Crippen LogP contribution in [0.4, 0.5) is 18.0 Å². The summed E-state index contributed by atoms with van der Waals surface area (Å²) in [6.07, 6.45) is -2.00. The molecule has 1 fully saturated rings. The highest BCUT2D eigenvalue weighted by atomic mass is 35.5. The van der Waals surface area contributed by atoms with Crippen LogP contribution < -0.4 is 5.32 Å². The molecule has 2 atom stereocenters. The molecule has 0 radical (unpaired) electrons. The van der Waals surface area contributed by atoms with Crippen LogP contribution in [-0.4, -0.2) is 65.1 Å². The van der Waals surface area contributed by atoms with Crippen molar-refractivity contribution in [2.45, 2.75) is 44.2 Å². The summed E-state index contributed by atoms with van der Waals surface area (Å²) < 4.78 is 52.4. The number of nitrogens with zero attached hydrogens (tertiary/aromatic N) is 3. The van der Waals surface area contributed by atoms with Gasteiger partial charge < -0.3 is 19.9 Å². The molecule has 0 bridgehead atoms. The minimum absolute atomic E-state index is 0.0246. The van der Waals surface area contributed by atoms with Crippen molar-refractivity contribution in [2.75, 3.05) is 20.2 Å². The molecule has 38 heavy (non-hydrogen) atoms. The van der Waals surface area contributed by atoms with E-state index >= 15 is 0 Å². The quantitative estimate of drug-likeness (QED) is 0.449. The summed E-state index contributed by atoms with van der Waals surface area (Å²) in [5.41, 5.74) is 1.12.